The smallest absolute Gasteiger partial charge is 0.270 e. The van der Waals surface area contributed by atoms with Crippen molar-refractivity contribution in [2.75, 3.05) is 44.2 Å². The van der Waals surface area contributed by atoms with E-state index in [4.69, 9.17) is 5.73 Å². The van der Waals surface area contributed by atoms with Gasteiger partial charge in [-0.1, -0.05) is 12.1 Å². The van der Waals surface area contributed by atoms with E-state index in [-0.39, 0.29) is 42.1 Å². The second-order valence-corrected chi connectivity index (χ2v) is 10.8. The topological polar surface area (TPSA) is 102 Å². The molecular formula is C28H39N5O3. The van der Waals surface area contributed by atoms with Gasteiger partial charge in [0.05, 0.1) is 6.10 Å². The van der Waals surface area contributed by atoms with Crippen molar-refractivity contribution >= 4 is 23.2 Å². The molecule has 2 amide bonds. The molecule has 2 aliphatic carbocycles. The number of hydrogen-bond acceptors (Lipinski definition) is 6. The molecule has 0 radical (unpaired) electrons. The lowest BCUT2D eigenvalue weighted by atomic mass is 9.77. The van der Waals surface area contributed by atoms with Gasteiger partial charge < -0.3 is 25.5 Å². The fourth-order valence-electron chi connectivity index (χ4n) is 6.35. The van der Waals surface area contributed by atoms with Crippen LogP contribution in [0.4, 0.5) is 5.69 Å². The molecule has 0 spiro atoms. The molecule has 36 heavy (non-hydrogen) atoms. The van der Waals surface area contributed by atoms with Crippen LogP contribution in [0.25, 0.3) is 0 Å². The first kappa shape index (κ1) is 24.8. The average Bonchev–Trinajstić information content (AvgIpc) is 3.37. The Balaban J connectivity index is 1.20. The lowest BCUT2D eigenvalue weighted by Crippen LogP contribution is -2.57. The third-order valence-corrected chi connectivity index (χ3v) is 8.76. The Labute approximate surface area is 213 Å². The summed E-state index contributed by atoms with van der Waals surface area (Å²) in [7, 11) is 0. The Bertz CT molecular complexity index is 1090. The number of benzene rings is 1. The van der Waals surface area contributed by atoms with Crippen LogP contribution in [0.5, 0.6) is 0 Å². The van der Waals surface area contributed by atoms with Crippen molar-refractivity contribution in [2.24, 2.45) is 16.6 Å². The van der Waals surface area contributed by atoms with Gasteiger partial charge in [0.2, 0.25) is 5.91 Å². The molecule has 3 heterocycles. The summed E-state index contributed by atoms with van der Waals surface area (Å²) in [4.78, 5) is 36.9. The van der Waals surface area contributed by atoms with E-state index in [0.29, 0.717) is 26.1 Å². The molecule has 3 atom stereocenters. The summed E-state index contributed by atoms with van der Waals surface area (Å²) < 4.78 is 0. The molecule has 8 heteroatoms. The van der Waals surface area contributed by atoms with E-state index < -0.39 is 0 Å². The maximum atomic E-state index is 13.2. The first-order valence-corrected chi connectivity index (χ1v) is 13.4. The SMILES string of the molecule is Cc1cccc(N2CCN(C(=O)CN=C3CCC/C3=C(/N)C(=O)N3CC4CCC3CC4O)CC2)c1C. The van der Waals surface area contributed by atoms with Gasteiger partial charge in [-0.2, -0.15) is 0 Å². The number of carbonyl (C=O) groups is 2. The highest BCUT2D eigenvalue weighted by molar-refractivity contribution is 6.09. The van der Waals surface area contributed by atoms with E-state index in [9.17, 15) is 14.7 Å². The summed E-state index contributed by atoms with van der Waals surface area (Å²) in [6.45, 7) is 7.96. The predicted molar refractivity (Wildman–Crippen MR) is 141 cm³/mol. The van der Waals surface area contributed by atoms with E-state index >= 15 is 0 Å². The Hall–Kier alpha value is -2.87. The largest absolute Gasteiger partial charge is 0.394 e. The van der Waals surface area contributed by atoms with Crippen LogP contribution >= 0.6 is 0 Å². The third-order valence-electron chi connectivity index (χ3n) is 8.76. The standard InChI is InChI=1S/C28H39N5O3/c1-18-5-3-8-24(19(18)2)31-11-13-32(14-12-31)26(35)16-30-23-7-4-6-22(23)27(29)28(36)33-17-20-9-10-21(33)15-25(20)34/h3,5,8,20-21,25,34H,4,6-7,9-17,29H2,1-2H3/b27-22-,30-23?. The Morgan fingerprint density at radius 3 is 2.58 bits per heavy atom. The maximum Gasteiger partial charge on any atom is 0.270 e. The number of aliphatic hydroxyl groups is 1. The van der Waals surface area contributed by atoms with E-state index in [2.05, 4.69) is 41.9 Å². The van der Waals surface area contributed by atoms with Crippen LogP contribution in [0.2, 0.25) is 0 Å². The van der Waals surface area contributed by atoms with Gasteiger partial charge in [0.25, 0.3) is 5.91 Å². The maximum absolute atomic E-state index is 13.2. The Morgan fingerprint density at radius 2 is 1.89 bits per heavy atom. The number of amides is 2. The molecule has 3 unspecified atom stereocenters. The monoisotopic (exact) mass is 493 g/mol. The van der Waals surface area contributed by atoms with Crippen molar-refractivity contribution in [3.8, 4) is 0 Å². The number of piperazine rings is 1. The Kier molecular flexibility index (Phi) is 7.06. The van der Waals surface area contributed by atoms with Crippen LogP contribution < -0.4 is 10.6 Å². The summed E-state index contributed by atoms with van der Waals surface area (Å²) in [5.41, 5.74) is 12.1. The van der Waals surface area contributed by atoms with Crippen molar-refractivity contribution in [2.45, 2.75) is 64.5 Å². The number of nitrogens with two attached hydrogens (primary N) is 1. The number of piperidine rings is 2. The number of aliphatic hydroxyl groups excluding tert-OH is 1. The van der Waals surface area contributed by atoms with E-state index in [0.717, 1.165) is 56.5 Å². The van der Waals surface area contributed by atoms with E-state index in [1.807, 2.05) is 9.80 Å². The molecule has 5 fully saturated rings. The zero-order valence-corrected chi connectivity index (χ0v) is 21.6. The number of allylic oxidation sites excluding steroid dienone is 1. The van der Waals surface area contributed by atoms with E-state index in [1.165, 1.54) is 16.8 Å². The van der Waals surface area contributed by atoms with Crippen LogP contribution in [0.1, 0.15) is 49.7 Å². The highest BCUT2D eigenvalue weighted by atomic mass is 16.3. The first-order valence-electron chi connectivity index (χ1n) is 13.4. The van der Waals surface area contributed by atoms with Crippen molar-refractivity contribution in [3.05, 3.63) is 40.6 Å². The minimum atomic E-state index is -0.306. The predicted octanol–water partition coefficient (Wildman–Crippen LogP) is 2.16. The number of nitrogens with zero attached hydrogens (tertiary/aromatic N) is 4. The summed E-state index contributed by atoms with van der Waals surface area (Å²) in [6, 6.07) is 6.45. The van der Waals surface area contributed by atoms with Gasteiger partial charge in [0.1, 0.15) is 12.2 Å². The number of aliphatic imine (C=N–C) groups is 1. The van der Waals surface area contributed by atoms with Gasteiger partial charge in [-0.15, -0.1) is 0 Å². The van der Waals surface area contributed by atoms with Crippen LogP contribution in [0, 0.1) is 19.8 Å². The highest BCUT2D eigenvalue weighted by Crippen LogP contribution is 2.36. The fourth-order valence-corrected chi connectivity index (χ4v) is 6.35. The van der Waals surface area contributed by atoms with Gasteiger partial charge in [0, 0.05) is 61.7 Å². The minimum Gasteiger partial charge on any atom is -0.394 e. The first-order chi connectivity index (χ1) is 17.3. The van der Waals surface area contributed by atoms with Crippen LogP contribution in [-0.4, -0.2) is 83.8 Å². The second-order valence-electron chi connectivity index (χ2n) is 10.8. The van der Waals surface area contributed by atoms with Crippen LogP contribution in [0.15, 0.2) is 34.5 Å². The molecule has 1 aromatic rings. The summed E-state index contributed by atoms with van der Waals surface area (Å²) in [5, 5.41) is 10.2. The number of hydrogen-bond donors (Lipinski definition) is 2. The lowest BCUT2D eigenvalue weighted by molar-refractivity contribution is -0.139. The quantitative estimate of drug-likeness (QED) is 0.626. The summed E-state index contributed by atoms with van der Waals surface area (Å²) in [6.07, 6.45) is 4.62. The minimum absolute atomic E-state index is 0.0293. The third kappa shape index (κ3) is 4.75. The summed E-state index contributed by atoms with van der Waals surface area (Å²) in [5.74, 6) is 0.0538. The molecule has 3 saturated heterocycles. The second kappa shape index (κ2) is 10.2. The lowest BCUT2D eigenvalue weighted by Gasteiger charge is -2.47. The van der Waals surface area contributed by atoms with Gasteiger partial charge in [0.15, 0.2) is 0 Å². The number of anilines is 1. The zero-order valence-electron chi connectivity index (χ0n) is 21.6. The molecule has 2 saturated carbocycles. The van der Waals surface area contributed by atoms with Crippen molar-refractivity contribution in [1.29, 1.82) is 0 Å². The van der Waals surface area contributed by atoms with Gasteiger partial charge in [-0.05, 0) is 69.6 Å². The van der Waals surface area contributed by atoms with Gasteiger partial charge in [-0.3, -0.25) is 14.6 Å². The number of carbonyl (C=O) groups excluding carboxylic acids is 2. The highest BCUT2D eigenvalue weighted by Gasteiger charge is 2.42. The molecular weight excluding hydrogens is 454 g/mol. The van der Waals surface area contributed by atoms with E-state index in [1.54, 1.807) is 0 Å². The number of rotatable bonds is 4. The molecule has 194 valence electrons. The average molecular weight is 494 g/mol. The normalized spacial score (nSPS) is 28.7. The molecule has 0 aromatic heterocycles. The number of aryl methyl sites for hydroxylation is 1. The van der Waals surface area contributed by atoms with Crippen molar-refractivity contribution < 1.29 is 14.7 Å². The Morgan fingerprint density at radius 1 is 1.11 bits per heavy atom. The van der Waals surface area contributed by atoms with Crippen LogP contribution in [0.3, 0.4) is 0 Å². The van der Waals surface area contributed by atoms with Gasteiger partial charge >= 0.3 is 0 Å². The molecule has 8 nitrogen and oxygen atoms in total. The molecule has 5 aliphatic rings. The van der Waals surface area contributed by atoms with Crippen molar-refractivity contribution in [3.63, 3.8) is 0 Å². The van der Waals surface area contributed by atoms with Gasteiger partial charge in [-0.25, -0.2) is 0 Å². The molecule has 2 bridgehead atoms. The summed E-state index contributed by atoms with van der Waals surface area (Å²) >= 11 is 0. The molecule has 3 N–H and O–H groups in total. The van der Waals surface area contributed by atoms with Crippen LogP contribution in [-0.2, 0) is 9.59 Å². The molecule has 3 aliphatic heterocycles. The fraction of sp³-hybridized carbons (Fsp3) is 0.607. The molecule has 6 rings (SSSR count). The van der Waals surface area contributed by atoms with Crippen molar-refractivity contribution in [1.82, 2.24) is 9.80 Å². The zero-order chi connectivity index (χ0) is 25.4. The molecule has 1 aromatic carbocycles. The number of fused-ring (bicyclic) bond motifs is 3.